The number of carbonyl (C=O) groups is 2. The molecule has 2 aliphatic heterocycles. The number of hydrogen-bond acceptors (Lipinski definition) is 6. The van der Waals surface area contributed by atoms with Crippen molar-refractivity contribution in [2.45, 2.75) is 64.2 Å². The number of amides is 1. The second-order valence-electron chi connectivity index (χ2n) is 11.3. The molecule has 7 nitrogen and oxygen atoms in total. The van der Waals surface area contributed by atoms with Gasteiger partial charge in [0.25, 0.3) is 0 Å². The third kappa shape index (κ3) is 9.38. The average Bonchev–Trinajstić information content (AvgIpc) is 2.93. The fraction of sp³-hybridized carbons (Fsp3) is 0.733. The van der Waals surface area contributed by atoms with E-state index in [9.17, 15) is 9.59 Å². The van der Waals surface area contributed by atoms with E-state index in [4.69, 9.17) is 10.5 Å². The molecule has 208 valence electrons. The predicted molar refractivity (Wildman–Crippen MR) is 151 cm³/mol. The molecule has 1 aromatic carbocycles. The first-order valence-corrected chi connectivity index (χ1v) is 14.4. The topological polar surface area (TPSA) is 79.1 Å². The van der Waals surface area contributed by atoms with Gasteiger partial charge in [0, 0.05) is 51.9 Å². The first kappa shape index (κ1) is 29.6. The van der Waals surface area contributed by atoms with Crippen molar-refractivity contribution >= 4 is 17.9 Å². The van der Waals surface area contributed by atoms with Crippen LogP contribution in [0.3, 0.4) is 0 Å². The molecule has 2 heterocycles. The Morgan fingerprint density at radius 1 is 1.03 bits per heavy atom. The fourth-order valence-corrected chi connectivity index (χ4v) is 6.01. The fourth-order valence-electron chi connectivity index (χ4n) is 6.01. The van der Waals surface area contributed by atoms with Gasteiger partial charge in [0.15, 0.2) is 0 Å². The van der Waals surface area contributed by atoms with Gasteiger partial charge in [0.05, 0.1) is 12.0 Å². The van der Waals surface area contributed by atoms with E-state index in [1.165, 1.54) is 76.0 Å². The number of likely N-dealkylation sites (tertiary alicyclic amines) is 1. The van der Waals surface area contributed by atoms with Crippen molar-refractivity contribution in [2.24, 2.45) is 17.1 Å². The highest BCUT2D eigenvalue weighted by Crippen LogP contribution is 2.35. The molecule has 3 aliphatic rings. The van der Waals surface area contributed by atoms with Gasteiger partial charge < -0.3 is 30.0 Å². The Kier molecular flexibility index (Phi) is 12.4. The maximum atomic E-state index is 11.6. The number of hydrogen-bond donors (Lipinski definition) is 1. The summed E-state index contributed by atoms with van der Waals surface area (Å²) in [6, 6.07) is 9.40. The van der Waals surface area contributed by atoms with Gasteiger partial charge in [-0.05, 0) is 69.4 Å². The average molecular weight is 515 g/mol. The van der Waals surface area contributed by atoms with E-state index in [0.29, 0.717) is 19.4 Å². The van der Waals surface area contributed by atoms with Gasteiger partial charge in [-0.25, -0.2) is 0 Å². The molecule has 4 rings (SSSR count). The highest BCUT2D eigenvalue weighted by atomic mass is 16.5. The van der Waals surface area contributed by atoms with Crippen LogP contribution in [-0.2, 0) is 20.7 Å². The largest absolute Gasteiger partial charge is 0.383 e. The molecule has 7 heteroatoms. The number of methoxy groups -OCH3 is 1. The SMILES string of the molecule is CN1CCN(c2ccc(CC3CCCCC3)cc2)CC1.COCCN1CCC(CCC=O)(C(N)=O)CC1. The van der Waals surface area contributed by atoms with Crippen LogP contribution < -0.4 is 10.6 Å². The molecule has 1 amide bonds. The Morgan fingerprint density at radius 2 is 1.68 bits per heavy atom. The van der Waals surface area contributed by atoms with Crippen molar-refractivity contribution < 1.29 is 14.3 Å². The molecule has 1 saturated carbocycles. The normalized spacial score (nSPS) is 21.2. The van der Waals surface area contributed by atoms with Crippen LogP contribution in [0.15, 0.2) is 24.3 Å². The van der Waals surface area contributed by atoms with Crippen LogP contribution in [0.2, 0.25) is 0 Å². The molecule has 3 fully saturated rings. The lowest BCUT2D eigenvalue weighted by molar-refractivity contribution is -0.131. The number of anilines is 1. The number of aldehydes is 1. The van der Waals surface area contributed by atoms with Crippen LogP contribution in [0.1, 0.15) is 63.4 Å². The minimum absolute atomic E-state index is 0.259. The molecular weight excluding hydrogens is 464 g/mol. The van der Waals surface area contributed by atoms with E-state index >= 15 is 0 Å². The number of nitrogens with zero attached hydrogens (tertiary/aromatic N) is 3. The molecular formula is C30H50N4O3. The minimum atomic E-state index is -0.468. The summed E-state index contributed by atoms with van der Waals surface area (Å²) in [7, 11) is 3.90. The highest BCUT2D eigenvalue weighted by molar-refractivity contribution is 5.81. The third-order valence-electron chi connectivity index (χ3n) is 8.74. The summed E-state index contributed by atoms with van der Waals surface area (Å²) in [6.07, 6.45) is 11.9. The molecule has 1 aliphatic carbocycles. The van der Waals surface area contributed by atoms with Gasteiger partial charge in [-0.15, -0.1) is 0 Å². The second kappa shape index (κ2) is 15.5. The quantitative estimate of drug-likeness (QED) is 0.479. The Bertz CT molecular complexity index is 794. The van der Waals surface area contributed by atoms with Crippen molar-refractivity contribution in [3.8, 4) is 0 Å². The summed E-state index contributed by atoms with van der Waals surface area (Å²) in [5.41, 5.74) is 7.97. The van der Waals surface area contributed by atoms with Crippen LogP contribution in [0.25, 0.3) is 0 Å². The molecule has 0 radical (unpaired) electrons. The van der Waals surface area contributed by atoms with Gasteiger partial charge in [-0.2, -0.15) is 0 Å². The van der Waals surface area contributed by atoms with Gasteiger partial charge in [0.1, 0.15) is 6.29 Å². The van der Waals surface area contributed by atoms with Gasteiger partial charge in [-0.1, -0.05) is 44.2 Å². The number of likely N-dealkylation sites (N-methyl/N-ethyl adjacent to an activating group) is 1. The summed E-state index contributed by atoms with van der Waals surface area (Å²) in [5, 5.41) is 0. The number of rotatable bonds is 10. The van der Waals surface area contributed by atoms with Crippen molar-refractivity contribution in [1.82, 2.24) is 9.80 Å². The Hall–Kier alpha value is -1.96. The number of carbonyl (C=O) groups excluding carboxylic acids is 2. The number of primary amides is 1. The maximum Gasteiger partial charge on any atom is 0.223 e. The summed E-state index contributed by atoms with van der Waals surface area (Å²) in [6.45, 7) is 8.00. The van der Waals surface area contributed by atoms with Gasteiger partial charge >= 0.3 is 0 Å². The first-order valence-electron chi connectivity index (χ1n) is 14.4. The zero-order valence-corrected chi connectivity index (χ0v) is 23.3. The van der Waals surface area contributed by atoms with E-state index in [-0.39, 0.29) is 5.91 Å². The maximum absolute atomic E-state index is 11.6. The van der Waals surface area contributed by atoms with Gasteiger partial charge in [-0.3, -0.25) is 4.79 Å². The molecule has 0 aromatic heterocycles. The smallest absolute Gasteiger partial charge is 0.223 e. The zero-order chi connectivity index (χ0) is 26.5. The first-order chi connectivity index (χ1) is 18.0. The second-order valence-corrected chi connectivity index (χ2v) is 11.3. The highest BCUT2D eigenvalue weighted by Gasteiger charge is 2.39. The molecule has 0 bridgehead atoms. The number of piperazine rings is 1. The standard InChI is InChI=1S/C18H28N2.C12H22N2O3/c1-19-11-13-20(14-12-19)18-9-7-17(8-10-18)15-16-5-3-2-4-6-16;1-17-10-8-14-6-4-12(5-7-14,11(13)16)3-2-9-15/h7-10,16H,2-6,11-15H2,1H3;9H,2-8,10H2,1H3,(H2,13,16). The summed E-state index contributed by atoms with van der Waals surface area (Å²) in [5.74, 6) is 0.684. The van der Waals surface area contributed by atoms with Gasteiger partial charge in [0.2, 0.25) is 5.91 Å². The van der Waals surface area contributed by atoms with Crippen molar-refractivity contribution in [1.29, 1.82) is 0 Å². The van der Waals surface area contributed by atoms with E-state index in [0.717, 1.165) is 44.7 Å². The number of ether oxygens (including phenoxy) is 1. The third-order valence-corrected chi connectivity index (χ3v) is 8.74. The lowest BCUT2D eigenvalue weighted by atomic mass is 9.74. The molecule has 0 atom stereocenters. The molecule has 2 N–H and O–H groups in total. The van der Waals surface area contributed by atoms with Crippen molar-refractivity contribution in [2.75, 3.05) is 71.5 Å². The molecule has 0 spiro atoms. The Balaban J connectivity index is 0.000000209. The lowest BCUT2D eigenvalue weighted by Crippen LogP contribution is -2.47. The van der Waals surface area contributed by atoms with E-state index in [1.807, 2.05) is 0 Å². The molecule has 1 aromatic rings. The van der Waals surface area contributed by atoms with Crippen molar-refractivity contribution in [3.05, 3.63) is 29.8 Å². The summed E-state index contributed by atoms with van der Waals surface area (Å²) in [4.78, 5) is 29.2. The Labute approximate surface area is 224 Å². The molecule has 2 saturated heterocycles. The van der Waals surface area contributed by atoms with Crippen LogP contribution in [0.4, 0.5) is 5.69 Å². The van der Waals surface area contributed by atoms with E-state index in [1.54, 1.807) is 7.11 Å². The number of nitrogens with two attached hydrogens (primary N) is 1. The predicted octanol–water partition coefficient (Wildman–Crippen LogP) is 3.74. The van der Waals surface area contributed by atoms with Crippen LogP contribution in [0, 0.1) is 11.3 Å². The minimum Gasteiger partial charge on any atom is -0.383 e. The van der Waals surface area contributed by atoms with Crippen LogP contribution in [-0.4, -0.2) is 88.6 Å². The summed E-state index contributed by atoms with van der Waals surface area (Å²) < 4.78 is 5.03. The monoisotopic (exact) mass is 514 g/mol. The molecule has 0 unspecified atom stereocenters. The van der Waals surface area contributed by atoms with Crippen LogP contribution >= 0.6 is 0 Å². The molecule has 37 heavy (non-hydrogen) atoms. The number of piperidine rings is 1. The number of benzene rings is 1. The van der Waals surface area contributed by atoms with Crippen LogP contribution in [0.5, 0.6) is 0 Å². The summed E-state index contributed by atoms with van der Waals surface area (Å²) >= 11 is 0. The zero-order valence-electron chi connectivity index (χ0n) is 23.3. The van der Waals surface area contributed by atoms with E-state index < -0.39 is 5.41 Å². The van der Waals surface area contributed by atoms with E-state index in [2.05, 4.69) is 46.0 Å². The van der Waals surface area contributed by atoms with Crippen molar-refractivity contribution in [3.63, 3.8) is 0 Å². The Morgan fingerprint density at radius 3 is 2.24 bits per heavy atom. The lowest BCUT2D eigenvalue weighted by Gasteiger charge is -2.39.